The van der Waals surface area contributed by atoms with Crippen molar-refractivity contribution in [3.8, 4) is 0 Å². The third kappa shape index (κ3) is 2.47. The van der Waals surface area contributed by atoms with Gasteiger partial charge in [0.15, 0.2) is 0 Å². The highest BCUT2D eigenvalue weighted by molar-refractivity contribution is 6.31. The molecule has 7 heteroatoms. The Morgan fingerprint density at radius 1 is 1.08 bits per heavy atom. The molecular formula is C17H11ClN4O2. The summed E-state index contributed by atoms with van der Waals surface area (Å²) in [4.78, 5) is 36.1. The first-order valence-corrected chi connectivity index (χ1v) is 7.62. The number of aromatic amines is 1. The van der Waals surface area contributed by atoms with E-state index < -0.39 is 0 Å². The lowest BCUT2D eigenvalue weighted by Crippen LogP contribution is -2.26. The molecule has 0 bridgehead atoms. The van der Waals surface area contributed by atoms with E-state index in [-0.39, 0.29) is 23.4 Å². The maximum atomic E-state index is 12.6. The first-order valence-electron chi connectivity index (χ1n) is 7.24. The molecule has 2 aromatic heterocycles. The number of aromatic nitrogens is 4. The van der Waals surface area contributed by atoms with E-state index in [9.17, 15) is 9.59 Å². The average Bonchev–Trinajstić information content (AvgIpc) is 2.58. The van der Waals surface area contributed by atoms with Gasteiger partial charge in [-0.15, -0.1) is 0 Å². The van der Waals surface area contributed by atoms with Crippen LogP contribution in [0.15, 0.2) is 58.4 Å². The molecule has 0 aliphatic rings. The maximum Gasteiger partial charge on any atom is 0.272 e. The van der Waals surface area contributed by atoms with Crippen molar-refractivity contribution in [1.82, 2.24) is 19.5 Å². The van der Waals surface area contributed by atoms with Gasteiger partial charge in [0.25, 0.3) is 11.1 Å². The number of fused-ring (bicyclic) bond motifs is 2. The van der Waals surface area contributed by atoms with Crippen LogP contribution in [0.4, 0.5) is 0 Å². The summed E-state index contributed by atoms with van der Waals surface area (Å²) in [6, 6.07) is 12.2. The molecule has 0 amide bonds. The van der Waals surface area contributed by atoms with Gasteiger partial charge in [0.1, 0.15) is 5.69 Å². The lowest BCUT2D eigenvalue weighted by molar-refractivity contribution is 0.723. The lowest BCUT2D eigenvalue weighted by Gasteiger charge is -2.07. The van der Waals surface area contributed by atoms with E-state index in [0.717, 1.165) is 0 Å². The topological polar surface area (TPSA) is 80.6 Å². The second kappa shape index (κ2) is 5.58. The highest BCUT2D eigenvalue weighted by atomic mass is 35.5. The van der Waals surface area contributed by atoms with Crippen LogP contribution in [-0.2, 0) is 6.54 Å². The Kier molecular flexibility index (Phi) is 3.39. The molecule has 0 aliphatic carbocycles. The molecule has 0 saturated carbocycles. The Hall–Kier alpha value is -2.99. The smallest absolute Gasteiger partial charge is 0.272 e. The number of hydrogen-bond donors (Lipinski definition) is 1. The molecule has 0 aliphatic heterocycles. The van der Waals surface area contributed by atoms with Crippen LogP contribution in [0.1, 0.15) is 5.69 Å². The van der Waals surface area contributed by atoms with Crippen LogP contribution in [0.2, 0.25) is 5.02 Å². The number of hydrogen-bond acceptors (Lipinski definition) is 4. The summed E-state index contributed by atoms with van der Waals surface area (Å²) in [5, 5.41) is 0.864. The largest absolute Gasteiger partial charge is 0.319 e. The Balaban J connectivity index is 1.85. The Morgan fingerprint density at radius 3 is 2.79 bits per heavy atom. The summed E-state index contributed by atoms with van der Waals surface area (Å²) in [5.41, 5.74) is 1.53. The van der Waals surface area contributed by atoms with Crippen LogP contribution in [0.25, 0.3) is 21.9 Å². The highest BCUT2D eigenvalue weighted by Crippen LogP contribution is 2.14. The Morgan fingerprint density at radius 2 is 1.92 bits per heavy atom. The molecule has 24 heavy (non-hydrogen) atoms. The predicted octanol–water partition coefficient (Wildman–Crippen LogP) is 2.33. The molecule has 2 heterocycles. The molecule has 118 valence electrons. The fourth-order valence-corrected chi connectivity index (χ4v) is 2.75. The van der Waals surface area contributed by atoms with Gasteiger partial charge in [-0.2, -0.15) is 0 Å². The summed E-state index contributed by atoms with van der Waals surface area (Å²) >= 11 is 5.95. The molecule has 0 atom stereocenters. The minimum Gasteiger partial charge on any atom is -0.319 e. The minimum absolute atomic E-state index is 0.0362. The van der Waals surface area contributed by atoms with E-state index in [1.165, 1.54) is 10.9 Å². The first-order chi connectivity index (χ1) is 11.6. The van der Waals surface area contributed by atoms with Gasteiger partial charge in [-0.05, 0) is 30.3 Å². The molecule has 0 fully saturated rings. The van der Waals surface area contributed by atoms with Crippen LogP contribution in [0.3, 0.4) is 0 Å². The van der Waals surface area contributed by atoms with Crippen LogP contribution in [0.5, 0.6) is 0 Å². The van der Waals surface area contributed by atoms with Gasteiger partial charge in [-0.25, -0.2) is 9.97 Å². The SMILES string of the molecule is O=c1[nH]c2ccccc2nc1Cn1cnc2ccc(Cl)cc2c1=O. The van der Waals surface area contributed by atoms with E-state index in [1.807, 2.05) is 12.1 Å². The molecule has 0 saturated heterocycles. The highest BCUT2D eigenvalue weighted by Gasteiger charge is 2.09. The van der Waals surface area contributed by atoms with Crippen molar-refractivity contribution >= 4 is 33.5 Å². The monoisotopic (exact) mass is 338 g/mol. The van der Waals surface area contributed by atoms with Crippen molar-refractivity contribution in [2.45, 2.75) is 6.54 Å². The van der Waals surface area contributed by atoms with Gasteiger partial charge in [0.05, 0.1) is 34.8 Å². The zero-order valence-corrected chi connectivity index (χ0v) is 13.1. The van der Waals surface area contributed by atoms with Gasteiger partial charge >= 0.3 is 0 Å². The fraction of sp³-hybridized carbons (Fsp3) is 0.0588. The second-order valence-electron chi connectivity index (χ2n) is 5.37. The van der Waals surface area contributed by atoms with Crippen molar-refractivity contribution in [2.24, 2.45) is 0 Å². The third-order valence-electron chi connectivity index (χ3n) is 3.78. The van der Waals surface area contributed by atoms with Gasteiger partial charge in [0, 0.05) is 5.02 Å². The van der Waals surface area contributed by atoms with Crippen LogP contribution < -0.4 is 11.1 Å². The number of nitrogens with one attached hydrogen (secondary N) is 1. The molecule has 0 spiro atoms. The fourth-order valence-electron chi connectivity index (χ4n) is 2.58. The summed E-state index contributed by atoms with van der Waals surface area (Å²) in [6.45, 7) is 0.0362. The number of benzene rings is 2. The van der Waals surface area contributed by atoms with E-state index in [4.69, 9.17) is 11.6 Å². The van der Waals surface area contributed by atoms with Gasteiger partial charge in [-0.1, -0.05) is 23.7 Å². The second-order valence-corrected chi connectivity index (χ2v) is 5.81. The van der Waals surface area contributed by atoms with Crippen molar-refractivity contribution in [2.75, 3.05) is 0 Å². The summed E-state index contributed by atoms with van der Waals surface area (Å²) in [6.07, 6.45) is 1.41. The maximum absolute atomic E-state index is 12.6. The van der Waals surface area contributed by atoms with Crippen LogP contribution in [-0.4, -0.2) is 19.5 Å². The summed E-state index contributed by atoms with van der Waals surface area (Å²) in [7, 11) is 0. The molecule has 6 nitrogen and oxygen atoms in total. The Bertz CT molecular complexity index is 1200. The minimum atomic E-state index is -0.327. The van der Waals surface area contributed by atoms with Crippen LogP contribution in [0, 0.1) is 0 Å². The third-order valence-corrected chi connectivity index (χ3v) is 4.01. The molecule has 4 aromatic rings. The number of halogens is 1. The van der Waals surface area contributed by atoms with E-state index in [0.29, 0.717) is 27.0 Å². The van der Waals surface area contributed by atoms with Crippen LogP contribution >= 0.6 is 11.6 Å². The number of rotatable bonds is 2. The molecule has 2 aromatic carbocycles. The Labute approximate surface area is 140 Å². The molecule has 1 N–H and O–H groups in total. The summed E-state index contributed by atoms with van der Waals surface area (Å²) in [5.74, 6) is 0. The molecule has 4 rings (SSSR count). The quantitative estimate of drug-likeness (QED) is 0.608. The molecular weight excluding hydrogens is 328 g/mol. The van der Waals surface area contributed by atoms with Gasteiger partial charge < -0.3 is 4.98 Å². The standard InChI is InChI=1S/C17H11ClN4O2/c18-10-5-6-12-11(7-10)17(24)22(9-19-12)8-15-16(23)21-14-4-2-1-3-13(14)20-15/h1-7,9H,8H2,(H,21,23). The average molecular weight is 339 g/mol. The number of para-hydroxylation sites is 2. The van der Waals surface area contributed by atoms with Gasteiger partial charge in [-0.3, -0.25) is 14.2 Å². The number of nitrogens with zero attached hydrogens (tertiary/aromatic N) is 3. The zero-order chi connectivity index (χ0) is 16.7. The molecule has 0 radical (unpaired) electrons. The van der Waals surface area contributed by atoms with E-state index in [2.05, 4.69) is 15.0 Å². The van der Waals surface area contributed by atoms with Crippen molar-refractivity contribution < 1.29 is 0 Å². The number of H-pyrrole nitrogens is 1. The van der Waals surface area contributed by atoms with Gasteiger partial charge in [0.2, 0.25) is 0 Å². The zero-order valence-electron chi connectivity index (χ0n) is 12.4. The van der Waals surface area contributed by atoms with Crippen molar-refractivity contribution in [3.63, 3.8) is 0 Å². The van der Waals surface area contributed by atoms with Crippen molar-refractivity contribution in [1.29, 1.82) is 0 Å². The van der Waals surface area contributed by atoms with E-state index >= 15 is 0 Å². The van der Waals surface area contributed by atoms with Crippen molar-refractivity contribution in [3.05, 3.63) is 80.2 Å². The lowest BCUT2D eigenvalue weighted by atomic mass is 10.2. The first kappa shape index (κ1) is 14.6. The predicted molar refractivity (Wildman–Crippen MR) is 92.5 cm³/mol. The molecule has 0 unspecified atom stereocenters. The normalized spacial score (nSPS) is 11.2. The van der Waals surface area contributed by atoms with E-state index in [1.54, 1.807) is 30.3 Å². The summed E-state index contributed by atoms with van der Waals surface area (Å²) < 4.78 is 1.35.